The predicted octanol–water partition coefficient (Wildman–Crippen LogP) is 3.75. The number of aryl methyl sites for hydroxylation is 1. The molecule has 4 aromatic rings. The van der Waals surface area contributed by atoms with Gasteiger partial charge in [0.15, 0.2) is 5.16 Å². The molecule has 6 nitrogen and oxygen atoms in total. The first kappa shape index (κ1) is 18.3. The lowest BCUT2D eigenvalue weighted by molar-refractivity contribution is -0.137. The van der Waals surface area contributed by atoms with Crippen LogP contribution in [-0.4, -0.2) is 33.4 Å². The molecular weight excluding hydrogens is 374 g/mol. The summed E-state index contributed by atoms with van der Waals surface area (Å²) in [7, 11) is 1.34. The number of rotatable bonds is 4. The van der Waals surface area contributed by atoms with Gasteiger partial charge >= 0.3 is 5.97 Å². The first-order valence-electron chi connectivity index (χ1n) is 8.81. The number of methoxy groups -OCH3 is 1. The van der Waals surface area contributed by atoms with Gasteiger partial charge in [0.1, 0.15) is 11.0 Å². The van der Waals surface area contributed by atoms with Crippen molar-refractivity contribution in [2.75, 3.05) is 12.9 Å². The molecule has 0 aliphatic carbocycles. The molecule has 0 unspecified atom stereocenters. The lowest BCUT2D eigenvalue weighted by atomic mass is 10.1. The number of carbonyl (C=O) groups is 1. The molecule has 0 aliphatic heterocycles. The molecule has 0 saturated heterocycles. The van der Waals surface area contributed by atoms with Crippen molar-refractivity contribution in [1.82, 2.24) is 14.5 Å². The molecule has 0 aliphatic rings. The summed E-state index contributed by atoms with van der Waals surface area (Å²) in [6, 6.07) is 13.5. The third kappa shape index (κ3) is 2.97. The topological polar surface area (TPSA) is 77.0 Å². The van der Waals surface area contributed by atoms with Gasteiger partial charge in [-0.25, -0.2) is 4.98 Å². The zero-order valence-electron chi connectivity index (χ0n) is 15.8. The summed E-state index contributed by atoms with van der Waals surface area (Å²) in [5, 5.41) is 1.34. The number of thioether (sulfide) groups is 1. The number of nitrogens with zero attached hydrogens (tertiary/aromatic N) is 2. The van der Waals surface area contributed by atoms with Crippen molar-refractivity contribution < 1.29 is 9.53 Å². The molecule has 7 heteroatoms. The maximum absolute atomic E-state index is 13.5. The third-order valence-corrected chi connectivity index (χ3v) is 5.77. The highest BCUT2D eigenvalue weighted by molar-refractivity contribution is 7.99. The van der Waals surface area contributed by atoms with E-state index in [-0.39, 0.29) is 17.3 Å². The highest BCUT2D eigenvalue weighted by Crippen LogP contribution is 2.27. The summed E-state index contributed by atoms with van der Waals surface area (Å²) in [5.74, 6) is -0.299. The van der Waals surface area contributed by atoms with Crippen LogP contribution in [0.1, 0.15) is 11.1 Å². The van der Waals surface area contributed by atoms with E-state index in [1.807, 2.05) is 56.3 Å². The Bertz CT molecular complexity index is 1270. The fourth-order valence-electron chi connectivity index (χ4n) is 3.21. The smallest absolute Gasteiger partial charge is 0.316 e. The van der Waals surface area contributed by atoms with Crippen molar-refractivity contribution in [3.05, 3.63) is 63.9 Å². The molecule has 0 bridgehead atoms. The van der Waals surface area contributed by atoms with Crippen LogP contribution in [0.5, 0.6) is 0 Å². The van der Waals surface area contributed by atoms with Crippen molar-refractivity contribution in [1.29, 1.82) is 0 Å². The van der Waals surface area contributed by atoms with Crippen molar-refractivity contribution >= 4 is 39.7 Å². The quantitative estimate of drug-likeness (QED) is 0.325. The number of hydrogen-bond acceptors (Lipinski definition) is 5. The Hall–Kier alpha value is -3.06. The van der Waals surface area contributed by atoms with Crippen LogP contribution in [0.2, 0.25) is 0 Å². The molecule has 2 aromatic carbocycles. The lowest BCUT2D eigenvalue weighted by Gasteiger charge is -2.15. The number of H-pyrrole nitrogens is 1. The zero-order valence-corrected chi connectivity index (χ0v) is 16.6. The second-order valence-electron chi connectivity index (χ2n) is 6.51. The van der Waals surface area contributed by atoms with Crippen LogP contribution < -0.4 is 5.56 Å². The van der Waals surface area contributed by atoms with Crippen LogP contribution in [0.3, 0.4) is 0 Å². The summed E-state index contributed by atoms with van der Waals surface area (Å²) >= 11 is 1.19. The molecular formula is C21H19N3O3S. The molecule has 4 rings (SSSR count). The first-order valence-corrected chi connectivity index (χ1v) is 9.79. The Kier molecular flexibility index (Phi) is 4.68. The molecule has 2 aromatic heterocycles. The van der Waals surface area contributed by atoms with Crippen LogP contribution in [0.4, 0.5) is 0 Å². The summed E-state index contributed by atoms with van der Waals surface area (Å²) in [4.78, 5) is 33.1. The first-order chi connectivity index (χ1) is 13.5. The minimum atomic E-state index is -0.370. The third-order valence-electron chi connectivity index (χ3n) is 4.86. The van der Waals surface area contributed by atoms with Gasteiger partial charge in [-0.2, -0.15) is 0 Å². The summed E-state index contributed by atoms with van der Waals surface area (Å²) in [5.41, 5.74) is 4.53. The fraction of sp³-hybridized carbons (Fsp3) is 0.190. The predicted molar refractivity (Wildman–Crippen MR) is 111 cm³/mol. The number of aromatic amines is 1. The normalized spacial score (nSPS) is 11.2. The monoisotopic (exact) mass is 393 g/mol. The van der Waals surface area contributed by atoms with Gasteiger partial charge in [0.05, 0.1) is 18.6 Å². The van der Waals surface area contributed by atoms with E-state index >= 15 is 0 Å². The average molecular weight is 393 g/mol. The molecule has 0 spiro atoms. The van der Waals surface area contributed by atoms with E-state index in [0.29, 0.717) is 16.2 Å². The average Bonchev–Trinajstić information content (AvgIpc) is 3.08. The molecule has 142 valence electrons. The van der Waals surface area contributed by atoms with E-state index in [2.05, 4.69) is 4.98 Å². The van der Waals surface area contributed by atoms with Gasteiger partial charge in [0, 0.05) is 10.9 Å². The molecule has 0 fully saturated rings. The molecule has 28 heavy (non-hydrogen) atoms. The molecule has 1 N–H and O–H groups in total. The van der Waals surface area contributed by atoms with Crippen molar-refractivity contribution in [3.8, 4) is 5.69 Å². The van der Waals surface area contributed by atoms with Crippen LogP contribution in [0, 0.1) is 13.8 Å². The zero-order chi connectivity index (χ0) is 19.8. The number of esters is 1. The Morgan fingerprint density at radius 1 is 1.18 bits per heavy atom. The van der Waals surface area contributed by atoms with Crippen molar-refractivity contribution in [2.45, 2.75) is 19.0 Å². The maximum Gasteiger partial charge on any atom is 0.316 e. The van der Waals surface area contributed by atoms with Gasteiger partial charge in [0.25, 0.3) is 5.56 Å². The summed E-state index contributed by atoms with van der Waals surface area (Å²) in [6.07, 6.45) is 0. The summed E-state index contributed by atoms with van der Waals surface area (Å²) < 4.78 is 6.33. The molecule has 0 saturated carbocycles. The van der Waals surface area contributed by atoms with E-state index in [1.54, 1.807) is 4.57 Å². The molecule has 0 atom stereocenters. The Morgan fingerprint density at radius 2 is 1.96 bits per heavy atom. The van der Waals surface area contributed by atoms with E-state index in [9.17, 15) is 9.59 Å². The second kappa shape index (κ2) is 7.16. The number of benzene rings is 2. The molecule has 0 radical (unpaired) electrons. The number of aromatic nitrogens is 3. The Balaban J connectivity index is 2.04. The fourth-order valence-corrected chi connectivity index (χ4v) is 4.04. The number of para-hydroxylation sites is 1. The lowest BCUT2D eigenvalue weighted by Crippen LogP contribution is -2.23. The van der Waals surface area contributed by atoms with Gasteiger partial charge in [-0.1, -0.05) is 42.1 Å². The Morgan fingerprint density at radius 3 is 2.75 bits per heavy atom. The van der Waals surface area contributed by atoms with Crippen LogP contribution in [0.15, 0.2) is 52.4 Å². The largest absolute Gasteiger partial charge is 0.468 e. The standard InChI is InChI=1S/C21H19N3O3S/c1-12-7-6-10-16(13(12)2)24-20(26)19-18(14-8-4-5-9-15(14)22-19)23-21(24)28-11-17(25)27-3/h4-10,22H,11H2,1-3H3. The number of carbonyl (C=O) groups excluding carboxylic acids is 1. The molecule has 0 amide bonds. The minimum absolute atomic E-state index is 0.0711. The van der Waals surface area contributed by atoms with Crippen LogP contribution in [-0.2, 0) is 9.53 Å². The van der Waals surface area contributed by atoms with E-state index in [4.69, 9.17) is 9.72 Å². The Labute approximate surface area is 165 Å². The summed E-state index contributed by atoms with van der Waals surface area (Å²) in [6.45, 7) is 3.97. The number of fused-ring (bicyclic) bond motifs is 3. The van der Waals surface area contributed by atoms with Crippen molar-refractivity contribution in [3.63, 3.8) is 0 Å². The number of hydrogen-bond donors (Lipinski definition) is 1. The van der Waals surface area contributed by atoms with Gasteiger partial charge in [-0.15, -0.1) is 0 Å². The highest BCUT2D eigenvalue weighted by atomic mass is 32.2. The van der Waals surface area contributed by atoms with E-state index < -0.39 is 0 Å². The molecule has 2 heterocycles. The highest BCUT2D eigenvalue weighted by Gasteiger charge is 2.19. The SMILES string of the molecule is COC(=O)CSc1nc2c([nH]c3ccccc32)c(=O)n1-c1cccc(C)c1C. The number of nitrogens with one attached hydrogen (secondary N) is 1. The maximum atomic E-state index is 13.5. The minimum Gasteiger partial charge on any atom is -0.468 e. The van der Waals surface area contributed by atoms with E-state index in [0.717, 1.165) is 27.7 Å². The van der Waals surface area contributed by atoms with E-state index in [1.165, 1.54) is 18.9 Å². The van der Waals surface area contributed by atoms with Gasteiger partial charge in [-0.05, 0) is 37.1 Å². The van der Waals surface area contributed by atoms with Crippen LogP contribution >= 0.6 is 11.8 Å². The van der Waals surface area contributed by atoms with Crippen molar-refractivity contribution in [2.24, 2.45) is 0 Å². The van der Waals surface area contributed by atoms with Crippen LogP contribution in [0.25, 0.3) is 27.6 Å². The number of ether oxygens (including phenoxy) is 1. The van der Waals surface area contributed by atoms with Gasteiger partial charge in [0.2, 0.25) is 0 Å². The van der Waals surface area contributed by atoms with Gasteiger partial charge in [-0.3, -0.25) is 14.2 Å². The second-order valence-corrected chi connectivity index (χ2v) is 7.46. The van der Waals surface area contributed by atoms with Gasteiger partial charge < -0.3 is 9.72 Å².